The quantitative estimate of drug-likeness (QED) is 0.648. The van der Waals surface area contributed by atoms with Gasteiger partial charge in [-0.15, -0.1) is 0 Å². The minimum Gasteiger partial charge on any atom is -0.207 e. The number of benzene rings is 1. The summed E-state index contributed by atoms with van der Waals surface area (Å²) < 4.78 is 24.3. The smallest absolute Gasteiger partial charge is 0.125 e. The summed E-state index contributed by atoms with van der Waals surface area (Å²) in [5.74, 6) is -0.593. The lowest BCUT2D eigenvalue weighted by atomic mass is 10.2. The van der Waals surface area contributed by atoms with E-state index in [0.717, 1.165) is 12.1 Å². The van der Waals surface area contributed by atoms with E-state index >= 15 is 0 Å². The maximum Gasteiger partial charge on any atom is 0.125 e. The molecule has 0 unspecified atom stereocenters. The molecule has 56 valence electrons. The Morgan fingerprint density at radius 3 is 2.64 bits per heavy atom. The molecule has 1 rings (SSSR count). The summed E-state index contributed by atoms with van der Waals surface area (Å²) in [6.07, 6.45) is 0. The van der Waals surface area contributed by atoms with Gasteiger partial charge in [-0.1, -0.05) is 0 Å². The van der Waals surface area contributed by atoms with Gasteiger partial charge >= 0.3 is 0 Å². The molecule has 0 bridgehead atoms. The van der Waals surface area contributed by atoms with Gasteiger partial charge in [0.2, 0.25) is 0 Å². The van der Waals surface area contributed by atoms with Crippen molar-refractivity contribution >= 4 is 12.1 Å². The second-order valence-electron chi connectivity index (χ2n) is 1.86. The normalized spacial score (nSPS) is 9.18. The summed E-state index contributed by atoms with van der Waals surface area (Å²) in [5, 5.41) is 8.33. The number of hydrogen-bond acceptors (Lipinski definition) is 2. The van der Waals surface area contributed by atoms with Crippen LogP contribution in [0, 0.1) is 17.1 Å². The zero-order valence-electron chi connectivity index (χ0n) is 5.34. The van der Waals surface area contributed by atoms with Crippen LogP contribution in [0.3, 0.4) is 0 Å². The molecule has 0 N–H and O–H groups in total. The topological polar surface area (TPSA) is 23.8 Å². The van der Waals surface area contributed by atoms with Gasteiger partial charge in [-0.25, -0.2) is 4.39 Å². The Balaban J connectivity index is 3.15. The Hall–Kier alpha value is -1.08. The molecular formula is C7H3F2NS. The van der Waals surface area contributed by atoms with Gasteiger partial charge in [0.15, 0.2) is 0 Å². The molecule has 11 heavy (non-hydrogen) atoms. The standard InChI is InChI=1S/C7H3F2NS/c8-6-1-5(4-10)2-7(3-6)11-9/h1-3H. The Kier molecular flexibility index (Phi) is 2.44. The minimum absolute atomic E-state index is 0.0786. The first-order valence-electron chi connectivity index (χ1n) is 2.75. The zero-order chi connectivity index (χ0) is 8.27. The van der Waals surface area contributed by atoms with Crippen molar-refractivity contribution in [3.8, 4) is 6.07 Å². The first kappa shape index (κ1) is 8.02. The molecule has 0 heterocycles. The van der Waals surface area contributed by atoms with Gasteiger partial charge in [0.1, 0.15) is 5.82 Å². The van der Waals surface area contributed by atoms with Crippen LogP contribution in [0.15, 0.2) is 23.1 Å². The van der Waals surface area contributed by atoms with Crippen LogP contribution < -0.4 is 0 Å². The van der Waals surface area contributed by atoms with Crippen LogP contribution >= 0.6 is 12.1 Å². The van der Waals surface area contributed by atoms with Crippen LogP contribution in [0.1, 0.15) is 5.56 Å². The Labute approximate surface area is 66.9 Å². The summed E-state index contributed by atoms with van der Waals surface area (Å²) in [6.45, 7) is 0. The molecule has 0 aliphatic rings. The van der Waals surface area contributed by atoms with Crippen molar-refractivity contribution in [2.75, 3.05) is 0 Å². The first-order chi connectivity index (χ1) is 5.26. The van der Waals surface area contributed by atoms with E-state index in [9.17, 15) is 8.28 Å². The summed E-state index contributed by atoms with van der Waals surface area (Å²) >= 11 is -0.0786. The van der Waals surface area contributed by atoms with Crippen LogP contribution in [0.25, 0.3) is 0 Å². The summed E-state index contributed by atoms with van der Waals surface area (Å²) in [5.41, 5.74) is 0.130. The maximum atomic E-state index is 12.5. The fourth-order valence-electron chi connectivity index (χ4n) is 0.672. The third-order valence-electron chi connectivity index (χ3n) is 1.09. The van der Waals surface area contributed by atoms with Gasteiger partial charge < -0.3 is 0 Å². The molecule has 0 atom stereocenters. The number of hydrogen-bond donors (Lipinski definition) is 0. The maximum absolute atomic E-state index is 12.5. The van der Waals surface area contributed by atoms with E-state index in [2.05, 4.69) is 0 Å². The van der Waals surface area contributed by atoms with Gasteiger partial charge in [0.05, 0.1) is 23.8 Å². The number of nitriles is 1. The molecule has 1 aromatic rings. The van der Waals surface area contributed by atoms with Crippen LogP contribution in [0.5, 0.6) is 0 Å². The molecule has 0 spiro atoms. The van der Waals surface area contributed by atoms with E-state index in [-0.39, 0.29) is 22.6 Å². The monoisotopic (exact) mass is 171 g/mol. The molecule has 1 nitrogen and oxygen atoms in total. The van der Waals surface area contributed by atoms with E-state index < -0.39 is 5.82 Å². The van der Waals surface area contributed by atoms with Gasteiger partial charge in [0.25, 0.3) is 0 Å². The van der Waals surface area contributed by atoms with Crippen molar-refractivity contribution in [1.82, 2.24) is 0 Å². The van der Waals surface area contributed by atoms with Crippen molar-refractivity contribution in [3.05, 3.63) is 29.6 Å². The second-order valence-corrected chi connectivity index (χ2v) is 2.49. The van der Waals surface area contributed by atoms with Gasteiger partial charge in [-0.3, -0.25) is 0 Å². The van der Waals surface area contributed by atoms with Crippen LogP contribution in [0.4, 0.5) is 8.28 Å². The SMILES string of the molecule is N#Cc1cc(F)cc(SF)c1. The van der Waals surface area contributed by atoms with Crippen molar-refractivity contribution in [1.29, 1.82) is 5.26 Å². The first-order valence-corrected chi connectivity index (χ1v) is 3.47. The number of halogens is 2. The fraction of sp³-hybridized carbons (Fsp3) is 0. The third-order valence-corrected chi connectivity index (χ3v) is 1.50. The van der Waals surface area contributed by atoms with Crippen molar-refractivity contribution in [3.63, 3.8) is 0 Å². The highest BCUT2D eigenvalue weighted by Crippen LogP contribution is 2.20. The predicted molar refractivity (Wildman–Crippen MR) is 38.1 cm³/mol. The molecule has 0 fully saturated rings. The van der Waals surface area contributed by atoms with Crippen molar-refractivity contribution in [2.24, 2.45) is 0 Å². The predicted octanol–water partition coefficient (Wildman–Crippen LogP) is 2.67. The Morgan fingerprint density at radius 1 is 1.36 bits per heavy atom. The van der Waals surface area contributed by atoms with Gasteiger partial charge in [-0.05, 0) is 18.2 Å². The highest BCUT2D eigenvalue weighted by atomic mass is 32.2. The molecule has 0 saturated heterocycles. The largest absolute Gasteiger partial charge is 0.207 e. The van der Waals surface area contributed by atoms with Gasteiger partial charge in [0, 0.05) is 4.90 Å². The molecule has 1 aromatic carbocycles. The lowest BCUT2D eigenvalue weighted by molar-refractivity contribution is 0.623. The summed E-state index contributed by atoms with van der Waals surface area (Å²) in [6, 6.07) is 5.10. The van der Waals surface area contributed by atoms with Crippen LogP contribution in [-0.2, 0) is 0 Å². The van der Waals surface area contributed by atoms with E-state index in [0.29, 0.717) is 0 Å². The number of rotatable bonds is 1. The molecule has 4 heteroatoms. The average molecular weight is 171 g/mol. The van der Waals surface area contributed by atoms with Crippen LogP contribution in [-0.4, -0.2) is 0 Å². The summed E-state index contributed by atoms with van der Waals surface area (Å²) in [7, 11) is 0. The lowest BCUT2D eigenvalue weighted by Gasteiger charge is -1.93. The second kappa shape index (κ2) is 3.35. The zero-order valence-corrected chi connectivity index (χ0v) is 6.16. The van der Waals surface area contributed by atoms with E-state index in [1.54, 1.807) is 6.07 Å². The molecular weight excluding hydrogens is 168 g/mol. The molecule has 0 aliphatic carbocycles. The highest BCUT2D eigenvalue weighted by molar-refractivity contribution is 7.94. The molecule has 0 radical (unpaired) electrons. The lowest BCUT2D eigenvalue weighted by Crippen LogP contribution is -1.79. The molecule has 0 aliphatic heterocycles. The van der Waals surface area contributed by atoms with E-state index in [4.69, 9.17) is 5.26 Å². The molecule has 0 aromatic heterocycles. The highest BCUT2D eigenvalue weighted by Gasteiger charge is 1.99. The van der Waals surface area contributed by atoms with E-state index in [1.807, 2.05) is 0 Å². The van der Waals surface area contributed by atoms with E-state index in [1.165, 1.54) is 6.07 Å². The molecule has 0 amide bonds. The van der Waals surface area contributed by atoms with Crippen molar-refractivity contribution in [2.45, 2.75) is 4.90 Å². The molecule has 0 saturated carbocycles. The van der Waals surface area contributed by atoms with Crippen molar-refractivity contribution < 1.29 is 8.28 Å². The number of nitrogens with zero attached hydrogens (tertiary/aromatic N) is 1. The minimum atomic E-state index is -0.593. The van der Waals surface area contributed by atoms with Crippen LogP contribution in [0.2, 0.25) is 0 Å². The fourth-order valence-corrected chi connectivity index (χ4v) is 1.00. The Bertz CT molecular complexity index is 306. The average Bonchev–Trinajstić information content (AvgIpc) is 2.03. The summed E-state index contributed by atoms with van der Waals surface area (Å²) in [4.78, 5) is 0.113. The Morgan fingerprint density at radius 2 is 2.09 bits per heavy atom. The third kappa shape index (κ3) is 1.92. The van der Waals surface area contributed by atoms with Gasteiger partial charge in [-0.2, -0.15) is 9.15 Å².